The molecular formula is C9H14O. The van der Waals surface area contributed by atoms with Gasteiger partial charge in [0.05, 0.1) is 0 Å². The van der Waals surface area contributed by atoms with Crippen LogP contribution in [0.15, 0.2) is 11.6 Å². The molecule has 0 aliphatic heterocycles. The maximum Gasteiger partial charge on any atom is 0.158 e. The van der Waals surface area contributed by atoms with Crippen LogP contribution in [0.3, 0.4) is 0 Å². The van der Waals surface area contributed by atoms with E-state index in [4.69, 9.17) is 0 Å². The molecule has 0 fully saturated rings. The van der Waals surface area contributed by atoms with Crippen molar-refractivity contribution in [3.05, 3.63) is 11.6 Å². The highest BCUT2D eigenvalue weighted by Crippen LogP contribution is 2.20. The quantitative estimate of drug-likeness (QED) is 0.583. The van der Waals surface area contributed by atoms with Crippen LogP contribution in [0.4, 0.5) is 0 Å². The molecule has 0 atom stereocenters. The predicted octanol–water partition coefficient (Wildman–Crippen LogP) is 2.47. The first-order valence-electron chi connectivity index (χ1n) is 4.07. The van der Waals surface area contributed by atoms with Crippen LogP contribution < -0.4 is 0 Å². The maximum atomic E-state index is 11.1. The van der Waals surface area contributed by atoms with E-state index >= 15 is 0 Å². The molecule has 0 saturated carbocycles. The smallest absolute Gasteiger partial charge is 0.158 e. The Morgan fingerprint density at radius 3 is 2.80 bits per heavy atom. The summed E-state index contributed by atoms with van der Waals surface area (Å²) in [7, 11) is 0. The molecule has 1 aliphatic carbocycles. The molecule has 10 heavy (non-hydrogen) atoms. The van der Waals surface area contributed by atoms with Gasteiger partial charge in [0.2, 0.25) is 0 Å². The lowest BCUT2D eigenvalue weighted by atomic mass is 9.93. The molecule has 1 heteroatoms. The molecule has 1 aliphatic rings. The molecule has 1 rings (SSSR count). The number of Topliss-reactive ketones (excluding diaryl/α,β-unsaturated/α-hetero) is 1. The van der Waals surface area contributed by atoms with Gasteiger partial charge < -0.3 is 0 Å². The van der Waals surface area contributed by atoms with Crippen LogP contribution in [0, 0.1) is 0 Å². The summed E-state index contributed by atoms with van der Waals surface area (Å²) in [5, 5.41) is 0. The van der Waals surface area contributed by atoms with Crippen LogP contribution in [0.25, 0.3) is 0 Å². The molecule has 0 amide bonds. The third-order valence-electron chi connectivity index (χ3n) is 1.92. The van der Waals surface area contributed by atoms with Gasteiger partial charge in [-0.1, -0.05) is 19.4 Å². The Hall–Kier alpha value is -0.590. The minimum absolute atomic E-state index is 0.383. The second-order valence-corrected chi connectivity index (χ2v) is 2.79. The maximum absolute atomic E-state index is 11.1. The second kappa shape index (κ2) is 3.55. The molecule has 56 valence electrons. The fourth-order valence-corrected chi connectivity index (χ4v) is 1.04. The van der Waals surface area contributed by atoms with Crippen molar-refractivity contribution in [3.63, 3.8) is 0 Å². The minimum Gasteiger partial charge on any atom is -0.295 e. The van der Waals surface area contributed by atoms with Crippen molar-refractivity contribution in [2.24, 2.45) is 0 Å². The topological polar surface area (TPSA) is 17.1 Å². The molecule has 1 nitrogen and oxygen atoms in total. The Bertz CT molecular complexity index is 156. The Labute approximate surface area is 62.1 Å². The zero-order valence-electron chi connectivity index (χ0n) is 6.52. The van der Waals surface area contributed by atoms with E-state index in [0.717, 1.165) is 37.7 Å². The average molecular weight is 138 g/mol. The molecule has 0 saturated heterocycles. The van der Waals surface area contributed by atoms with Crippen LogP contribution in [-0.2, 0) is 4.79 Å². The lowest BCUT2D eigenvalue weighted by Crippen LogP contribution is -2.07. The minimum atomic E-state index is 0.383. The van der Waals surface area contributed by atoms with Gasteiger partial charge in [-0.3, -0.25) is 4.79 Å². The predicted molar refractivity (Wildman–Crippen MR) is 41.8 cm³/mol. The van der Waals surface area contributed by atoms with Gasteiger partial charge in [0.1, 0.15) is 0 Å². The zero-order valence-corrected chi connectivity index (χ0v) is 6.52. The van der Waals surface area contributed by atoms with Gasteiger partial charge >= 0.3 is 0 Å². The Morgan fingerprint density at radius 1 is 1.70 bits per heavy atom. The highest BCUT2D eigenvalue weighted by atomic mass is 16.1. The van der Waals surface area contributed by atoms with E-state index in [0.29, 0.717) is 5.78 Å². The van der Waals surface area contributed by atoms with Crippen molar-refractivity contribution in [1.29, 1.82) is 0 Å². The van der Waals surface area contributed by atoms with Crippen molar-refractivity contribution < 1.29 is 4.79 Å². The van der Waals surface area contributed by atoms with Crippen LogP contribution in [0.5, 0.6) is 0 Å². The van der Waals surface area contributed by atoms with Gasteiger partial charge in [-0.25, -0.2) is 0 Å². The molecule has 0 aromatic heterocycles. The summed E-state index contributed by atoms with van der Waals surface area (Å²) in [5.74, 6) is 0.383. The summed E-state index contributed by atoms with van der Waals surface area (Å²) in [5.41, 5.74) is 1.08. The number of hydrogen-bond donors (Lipinski definition) is 0. The number of carbonyl (C=O) groups is 1. The summed E-state index contributed by atoms with van der Waals surface area (Å²) in [6.45, 7) is 2.11. The molecule has 0 bridgehead atoms. The van der Waals surface area contributed by atoms with E-state index < -0.39 is 0 Å². The third kappa shape index (κ3) is 1.69. The summed E-state index contributed by atoms with van der Waals surface area (Å²) in [4.78, 5) is 11.1. The standard InChI is InChI=1S/C9H14O/c1-2-3-7-9(10)8-5-4-6-8/h5H,2-4,6-7H2,1H3. The van der Waals surface area contributed by atoms with E-state index in [2.05, 4.69) is 13.0 Å². The number of allylic oxidation sites excluding steroid dienone is 2. The Morgan fingerprint density at radius 2 is 2.40 bits per heavy atom. The number of hydrogen-bond acceptors (Lipinski definition) is 1. The van der Waals surface area contributed by atoms with Gasteiger partial charge in [-0.05, 0) is 24.8 Å². The number of carbonyl (C=O) groups excluding carboxylic acids is 1. The second-order valence-electron chi connectivity index (χ2n) is 2.79. The zero-order chi connectivity index (χ0) is 7.40. The largest absolute Gasteiger partial charge is 0.295 e. The molecule has 0 heterocycles. The summed E-state index contributed by atoms with van der Waals surface area (Å²) in [6.07, 6.45) is 7.14. The van der Waals surface area contributed by atoms with Crippen molar-refractivity contribution in [2.75, 3.05) is 0 Å². The number of unbranched alkanes of at least 4 members (excludes halogenated alkanes) is 1. The SMILES string of the molecule is CCCCC(=O)C1=CCC1. The van der Waals surface area contributed by atoms with E-state index in [9.17, 15) is 4.79 Å². The number of rotatable bonds is 4. The first-order valence-corrected chi connectivity index (χ1v) is 4.07. The molecule has 0 aromatic carbocycles. The van der Waals surface area contributed by atoms with Crippen LogP contribution in [0.1, 0.15) is 39.0 Å². The lowest BCUT2D eigenvalue weighted by molar-refractivity contribution is -0.116. The van der Waals surface area contributed by atoms with E-state index in [1.807, 2.05) is 0 Å². The summed E-state index contributed by atoms with van der Waals surface area (Å²) >= 11 is 0. The molecule has 0 aromatic rings. The average Bonchev–Trinajstić information content (AvgIpc) is 1.79. The van der Waals surface area contributed by atoms with Crippen LogP contribution in [0.2, 0.25) is 0 Å². The third-order valence-corrected chi connectivity index (χ3v) is 1.92. The van der Waals surface area contributed by atoms with Crippen molar-refractivity contribution in [3.8, 4) is 0 Å². The normalized spacial score (nSPS) is 15.9. The molecular weight excluding hydrogens is 124 g/mol. The van der Waals surface area contributed by atoms with Crippen molar-refractivity contribution in [1.82, 2.24) is 0 Å². The Balaban J connectivity index is 2.21. The highest BCUT2D eigenvalue weighted by Gasteiger charge is 2.12. The monoisotopic (exact) mass is 138 g/mol. The Kier molecular flexibility index (Phi) is 2.67. The van der Waals surface area contributed by atoms with Gasteiger partial charge in [-0.2, -0.15) is 0 Å². The van der Waals surface area contributed by atoms with Crippen LogP contribution >= 0.6 is 0 Å². The van der Waals surface area contributed by atoms with E-state index in [1.165, 1.54) is 0 Å². The molecule has 0 N–H and O–H groups in total. The first-order chi connectivity index (χ1) is 4.84. The molecule has 0 spiro atoms. The lowest BCUT2D eigenvalue weighted by Gasteiger charge is -2.11. The fourth-order valence-electron chi connectivity index (χ4n) is 1.04. The van der Waals surface area contributed by atoms with Crippen molar-refractivity contribution >= 4 is 5.78 Å². The van der Waals surface area contributed by atoms with Gasteiger partial charge in [0.25, 0.3) is 0 Å². The van der Waals surface area contributed by atoms with Gasteiger partial charge in [0.15, 0.2) is 5.78 Å². The van der Waals surface area contributed by atoms with Crippen LogP contribution in [-0.4, -0.2) is 5.78 Å². The van der Waals surface area contributed by atoms with E-state index in [1.54, 1.807) is 0 Å². The van der Waals surface area contributed by atoms with Gasteiger partial charge in [0, 0.05) is 6.42 Å². The molecule has 0 unspecified atom stereocenters. The van der Waals surface area contributed by atoms with Gasteiger partial charge in [-0.15, -0.1) is 0 Å². The summed E-state index contributed by atoms with van der Waals surface area (Å²) in [6, 6.07) is 0. The first kappa shape index (κ1) is 7.52. The molecule has 0 radical (unpaired) electrons. The highest BCUT2D eigenvalue weighted by molar-refractivity contribution is 5.96. The fraction of sp³-hybridized carbons (Fsp3) is 0.667. The van der Waals surface area contributed by atoms with E-state index in [-0.39, 0.29) is 0 Å². The summed E-state index contributed by atoms with van der Waals surface area (Å²) < 4.78 is 0. The number of ketones is 1. The van der Waals surface area contributed by atoms with Crippen molar-refractivity contribution in [2.45, 2.75) is 39.0 Å².